The Morgan fingerprint density at radius 2 is 1.77 bits per heavy atom. The summed E-state index contributed by atoms with van der Waals surface area (Å²) in [6, 6.07) is 11.2. The number of hydrogen-bond donors (Lipinski definition) is 0. The third-order valence-electron chi connectivity index (χ3n) is 4.66. The Hall–Kier alpha value is -0.780. The van der Waals surface area contributed by atoms with Crippen LogP contribution in [0.3, 0.4) is 0 Å². The molecule has 0 saturated heterocycles. The summed E-state index contributed by atoms with van der Waals surface area (Å²) in [5, 5.41) is 0. The van der Waals surface area contributed by atoms with Crippen LogP contribution in [0.5, 0.6) is 0 Å². The van der Waals surface area contributed by atoms with E-state index >= 15 is 0 Å². The van der Waals surface area contributed by atoms with Gasteiger partial charge < -0.3 is 0 Å². The van der Waals surface area contributed by atoms with Crippen molar-refractivity contribution < 1.29 is 0 Å². The molecule has 0 N–H and O–H groups in total. The van der Waals surface area contributed by atoms with Gasteiger partial charge in [-0.1, -0.05) is 30.3 Å². The van der Waals surface area contributed by atoms with Crippen LogP contribution >= 0.6 is 0 Å². The molecular formula is C13H14. The van der Waals surface area contributed by atoms with Crippen LogP contribution in [0.4, 0.5) is 0 Å². The minimum absolute atomic E-state index is 0.940. The molecule has 0 spiro atoms. The molecule has 0 amide bonds. The van der Waals surface area contributed by atoms with E-state index in [2.05, 4.69) is 30.3 Å². The van der Waals surface area contributed by atoms with Gasteiger partial charge >= 0.3 is 0 Å². The minimum Gasteiger partial charge on any atom is -0.0622 e. The summed E-state index contributed by atoms with van der Waals surface area (Å²) in [4.78, 5) is 0. The van der Waals surface area contributed by atoms with Crippen LogP contribution in [0.15, 0.2) is 30.3 Å². The van der Waals surface area contributed by atoms with Crippen LogP contribution in [-0.4, -0.2) is 0 Å². The first-order valence-electron chi connectivity index (χ1n) is 5.50. The minimum atomic E-state index is 0.940. The van der Waals surface area contributed by atoms with Crippen LogP contribution in [-0.2, 0) is 0 Å². The molecule has 0 bridgehead atoms. The highest BCUT2D eigenvalue weighted by molar-refractivity contribution is 5.31. The van der Waals surface area contributed by atoms with Crippen molar-refractivity contribution in [3.05, 3.63) is 35.9 Å². The van der Waals surface area contributed by atoms with Gasteiger partial charge in [-0.15, -0.1) is 0 Å². The van der Waals surface area contributed by atoms with Crippen LogP contribution in [0.2, 0.25) is 0 Å². The molecule has 0 aromatic heterocycles. The van der Waals surface area contributed by atoms with Gasteiger partial charge in [0, 0.05) is 0 Å². The van der Waals surface area contributed by atoms with Crippen molar-refractivity contribution >= 4 is 0 Å². The quantitative estimate of drug-likeness (QED) is 0.607. The maximum Gasteiger partial charge on any atom is -0.0125 e. The van der Waals surface area contributed by atoms with E-state index in [9.17, 15) is 0 Å². The molecule has 0 nitrogen and oxygen atoms in total. The third kappa shape index (κ3) is 0.688. The number of benzene rings is 1. The van der Waals surface area contributed by atoms with Crippen LogP contribution < -0.4 is 0 Å². The standard InChI is InChI=1S/C13H14/c1-2-4-8(5-3-1)10-6-9-7-11-12(9)13(10)11/h1-5,9-13H,6-7H2. The Labute approximate surface area is 79.0 Å². The average molecular weight is 170 g/mol. The van der Waals surface area contributed by atoms with Gasteiger partial charge in [0.15, 0.2) is 0 Å². The molecule has 13 heavy (non-hydrogen) atoms. The summed E-state index contributed by atoms with van der Waals surface area (Å²) in [5.74, 6) is 5.50. The summed E-state index contributed by atoms with van der Waals surface area (Å²) >= 11 is 0. The van der Waals surface area contributed by atoms with E-state index in [-0.39, 0.29) is 0 Å². The second-order valence-electron chi connectivity index (χ2n) is 5.07. The molecule has 0 radical (unpaired) electrons. The van der Waals surface area contributed by atoms with E-state index in [1.807, 2.05) is 0 Å². The number of fused-ring (bicyclic) bond motifs is 1. The fourth-order valence-corrected chi connectivity index (χ4v) is 4.08. The Kier molecular flexibility index (Phi) is 1.02. The lowest BCUT2D eigenvalue weighted by Crippen LogP contribution is -2.18. The fraction of sp³-hybridized carbons (Fsp3) is 0.538. The van der Waals surface area contributed by atoms with E-state index in [1.54, 1.807) is 12.0 Å². The predicted octanol–water partition coefficient (Wildman–Crippen LogP) is 3.06. The van der Waals surface area contributed by atoms with Gasteiger partial charge in [-0.2, -0.15) is 0 Å². The van der Waals surface area contributed by atoms with Crippen molar-refractivity contribution in [2.24, 2.45) is 23.7 Å². The Bertz CT molecular complexity index is 340. The number of hydrogen-bond acceptors (Lipinski definition) is 0. The SMILES string of the molecule is c1ccc(C2CC3CC4C3C24)cc1. The number of rotatable bonds is 1. The molecule has 3 fully saturated rings. The maximum absolute atomic E-state index is 2.32. The summed E-state index contributed by atoms with van der Waals surface area (Å²) in [6.45, 7) is 0. The lowest BCUT2D eigenvalue weighted by atomic mass is 9.77. The molecule has 5 unspecified atom stereocenters. The third-order valence-corrected chi connectivity index (χ3v) is 4.66. The van der Waals surface area contributed by atoms with Crippen molar-refractivity contribution in [1.82, 2.24) is 0 Å². The zero-order valence-electron chi connectivity index (χ0n) is 7.69. The average Bonchev–Trinajstić information content (AvgIpc) is 2.64. The van der Waals surface area contributed by atoms with Crippen LogP contribution in [0.25, 0.3) is 0 Å². The Morgan fingerprint density at radius 1 is 0.923 bits per heavy atom. The first kappa shape index (κ1) is 6.64. The Balaban J connectivity index is 1.70. The molecule has 3 saturated carbocycles. The van der Waals surface area contributed by atoms with Gasteiger partial charge in [0.25, 0.3) is 0 Å². The predicted molar refractivity (Wildman–Crippen MR) is 52.4 cm³/mol. The summed E-state index contributed by atoms with van der Waals surface area (Å²) in [7, 11) is 0. The van der Waals surface area contributed by atoms with Crippen molar-refractivity contribution in [3.8, 4) is 0 Å². The maximum atomic E-state index is 2.32. The fourth-order valence-electron chi connectivity index (χ4n) is 4.08. The molecule has 0 heteroatoms. The van der Waals surface area contributed by atoms with E-state index < -0.39 is 0 Å². The first-order valence-corrected chi connectivity index (χ1v) is 5.50. The normalized spacial score (nSPS) is 49.7. The molecule has 0 heterocycles. The largest absolute Gasteiger partial charge is 0.0622 e. The van der Waals surface area contributed by atoms with Gasteiger partial charge in [-0.05, 0) is 48.0 Å². The molecule has 5 atom stereocenters. The van der Waals surface area contributed by atoms with E-state index in [1.165, 1.54) is 12.3 Å². The Morgan fingerprint density at radius 3 is 2.38 bits per heavy atom. The molecule has 4 rings (SSSR count). The molecule has 0 aliphatic heterocycles. The van der Waals surface area contributed by atoms with Crippen molar-refractivity contribution in [3.63, 3.8) is 0 Å². The zero-order valence-corrected chi connectivity index (χ0v) is 7.69. The van der Waals surface area contributed by atoms with Gasteiger partial charge in [0.05, 0.1) is 0 Å². The molecule has 1 aromatic rings. The van der Waals surface area contributed by atoms with Gasteiger partial charge in [-0.25, -0.2) is 0 Å². The van der Waals surface area contributed by atoms with E-state index in [4.69, 9.17) is 0 Å². The van der Waals surface area contributed by atoms with Crippen molar-refractivity contribution in [2.45, 2.75) is 18.8 Å². The van der Waals surface area contributed by atoms with Gasteiger partial charge in [0.2, 0.25) is 0 Å². The second kappa shape index (κ2) is 2.00. The van der Waals surface area contributed by atoms with Gasteiger partial charge in [-0.3, -0.25) is 0 Å². The second-order valence-corrected chi connectivity index (χ2v) is 5.07. The molecule has 3 aliphatic rings. The molecule has 3 aliphatic carbocycles. The lowest BCUT2D eigenvalue weighted by molar-refractivity contribution is 0.257. The smallest absolute Gasteiger partial charge is 0.0125 e. The molecule has 1 aromatic carbocycles. The monoisotopic (exact) mass is 170 g/mol. The highest BCUT2D eigenvalue weighted by Gasteiger charge is 2.69. The summed E-state index contributed by atoms with van der Waals surface area (Å²) in [6.07, 6.45) is 3.06. The lowest BCUT2D eigenvalue weighted by Gasteiger charge is -2.28. The first-order chi connectivity index (χ1) is 6.45. The summed E-state index contributed by atoms with van der Waals surface area (Å²) < 4.78 is 0. The van der Waals surface area contributed by atoms with Crippen LogP contribution in [0.1, 0.15) is 24.3 Å². The summed E-state index contributed by atoms with van der Waals surface area (Å²) in [5.41, 5.74) is 1.61. The zero-order chi connectivity index (χ0) is 8.41. The van der Waals surface area contributed by atoms with Gasteiger partial charge in [0.1, 0.15) is 0 Å². The topological polar surface area (TPSA) is 0 Å². The molecular weight excluding hydrogens is 156 g/mol. The highest BCUT2D eigenvalue weighted by Crippen LogP contribution is 2.77. The van der Waals surface area contributed by atoms with E-state index in [0.29, 0.717) is 0 Å². The van der Waals surface area contributed by atoms with Crippen molar-refractivity contribution in [1.29, 1.82) is 0 Å². The van der Waals surface area contributed by atoms with Crippen molar-refractivity contribution in [2.75, 3.05) is 0 Å². The molecule has 66 valence electrons. The highest BCUT2D eigenvalue weighted by atomic mass is 14.7. The van der Waals surface area contributed by atoms with E-state index in [0.717, 1.165) is 23.7 Å². The van der Waals surface area contributed by atoms with Crippen LogP contribution in [0, 0.1) is 23.7 Å².